The second-order valence-electron chi connectivity index (χ2n) is 8.07. The van der Waals surface area contributed by atoms with Gasteiger partial charge in [0.25, 0.3) is 0 Å². The molecular weight excluding hydrogens is 368 g/mol. The smallest absolute Gasteiger partial charge is 0.223 e. The molecule has 0 saturated heterocycles. The molecule has 4 nitrogen and oxygen atoms in total. The lowest BCUT2D eigenvalue weighted by Crippen LogP contribution is -2.20. The van der Waals surface area contributed by atoms with Crippen LogP contribution < -0.4 is 11.1 Å². The second-order valence-corrected chi connectivity index (χ2v) is 8.07. The molecule has 3 aromatic carbocycles. The third-order valence-electron chi connectivity index (χ3n) is 5.43. The van der Waals surface area contributed by atoms with E-state index >= 15 is 0 Å². The van der Waals surface area contributed by atoms with Gasteiger partial charge in [-0.05, 0) is 67.1 Å². The Balaban J connectivity index is 1.50. The van der Waals surface area contributed by atoms with Gasteiger partial charge in [0.2, 0.25) is 5.95 Å². The Labute approximate surface area is 178 Å². The number of nitrogens with two attached hydrogens (primary N) is 1. The van der Waals surface area contributed by atoms with Gasteiger partial charge in [-0.3, -0.25) is 0 Å². The molecule has 2 atom stereocenters. The van der Waals surface area contributed by atoms with Crippen LogP contribution in [0.2, 0.25) is 0 Å². The first-order valence-corrected chi connectivity index (χ1v) is 10.4. The Bertz CT molecular complexity index is 1170. The summed E-state index contributed by atoms with van der Waals surface area (Å²) < 4.78 is 0. The van der Waals surface area contributed by atoms with Gasteiger partial charge in [-0.1, -0.05) is 54.6 Å². The molecule has 1 aromatic heterocycles. The maximum Gasteiger partial charge on any atom is 0.223 e. The Morgan fingerprint density at radius 1 is 0.967 bits per heavy atom. The fourth-order valence-electron chi connectivity index (χ4n) is 3.80. The molecule has 4 aromatic rings. The molecule has 0 amide bonds. The summed E-state index contributed by atoms with van der Waals surface area (Å²) in [6, 6.07) is 23.5. The van der Waals surface area contributed by atoms with Crippen LogP contribution in [0.1, 0.15) is 36.6 Å². The zero-order valence-corrected chi connectivity index (χ0v) is 17.8. The van der Waals surface area contributed by atoms with Crippen molar-refractivity contribution < 1.29 is 0 Å². The van der Waals surface area contributed by atoms with E-state index in [4.69, 9.17) is 10.7 Å². The molecule has 0 aliphatic carbocycles. The molecule has 0 fully saturated rings. The van der Waals surface area contributed by atoms with Crippen LogP contribution in [0.4, 0.5) is 5.95 Å². The average molecular weight is 397 g/mol. The second kappa shape index (κ2) is 8.64. The van der Waals surface area contributed by atoms with Crippen molar-refractivity contribution in [2.45, 2.75) is 39.3 Å². The summed E-state index contributed by atoms with van der Waals surface area (Å²) in [5.74, 6) is 0.655. The van der Waals surface area contributed by atoms with Gasteiger partial charge in [0.1, 0.15) is 0 Å². The number of rotatable bonds is 6. The van der Waals surface area contributed by atoms with Crippen molar-refractivity contribution in [3.63, 3.8) is 0 Å². The third kappa shape index (κ3) is 4.50. The van der Waals surface area contributed by atoms with E-state index in [-0.39, 0.29) is 12.1 Å². The molecule has 152 valence electrons. The fourth-order valence-corrected chi connectivity index (χ4v) is 3.80. The van der Waals surface area contributed by atoms with E-state index in [1.165, 1.54) is 22.3 Å². The van der Waals surface area contributed by atoms with Gasteiger partial charge >= 0.3 is 0 Å². The summed E-state index contributed by atoms with van der Waals surface area (Å²) in [5, 5.41) is 4.47. The molecule has 0 aliphatic heterocycles. The highest BCUT2D eigenvalue weighted by molar-refractivity contribution is 5.85. The van der Waals surface area contributed by atoms with Crippen molar-refractivity contribution in [3.05, 3.63) is 89.6 Å². The zero-order valence-electron chi connectivity index (χ0n) is 17.8. The van der Waals surface area contributed by atoms with E-state index in [1.54, 1.807) is 0 Å². The number of aryl methyl sites for hydroxylation is 1. The minimum Gasteiger partial charge on any atom is -0.351 e. The third-order valence-corrected chi connectivity index (χ3v) is 5.43. The normalized spacial score (nSPS) is 13.2. The van der Waals surface area contributed by atoms with E-state index in [9.17, 15) is 0 Å². The van der Waals surface area contributed by atoms with Gasteiger partial charge < -0.3 is 11.1 Å². The lowest BCUT2D eigenvalue weighted by Gasteiger charge is -2.15. The van der Waals surface area contributed by atoms with Crippen molar-refractivity contribution >= 4 is 16.9 Å². The van der Waals surface area contributed by atoms with Gasteiger partial charge in [0.15, 0.2) is 0 Å². The lowest BCUT2D eigenvalue weighted by molar-refractivity contribution is 0.769. The number of hydrogen-bond donors (Lipinski definition) is 2. The SMILES string of the molecule is Cc1ccccc1-c1ccc2nc(NC(C)Cc3cccc(C(C)N)c3)ncc2c1. The number of hydrogen-bond acceptors (Lipinski definition) is 4. The van der Waals surface area contributed by atoms with E-state index in [1.807, 2.05) is 13.1 Å². The standard InChI is InChI=1S/C26H28N4/c1-17-7-4-5-10-24(17)22-11-12-25-23(15-22)16-28-26(30-25)29-18(2)13-20-8-6-9-21(14-20)19(3)27/h4-12,14-16,18-19H,13,27H2,1-3H3,(H,28,29,30). The molecule has 0 saturated carbocycles. The summed E-state index contributed by atoms with van der Waals surface area (Å²) in [7, 11) is 0. The number of anilines is 1. The zero-order chi connectivity index (χ0) is 21.1. The van der Waals surface area contributed by atoms with Crippen molar-refractivity contribution in [1.82, 2.24) is 9.97 Å². The Morgan fingerprint density at radius 2 is 1.80 bits per heavy atom. The van der Waals surface area contributed by atoms with Crippen molar-refractivity contribution in [3.8, 4) is 11.1 Å². The van der Waals surface area contributed by atoms with Crippen LogP contribution in [0.15, 0.2) is 72.9 Å². The van der Waals surface area contributed by atoms with E-state index in [0.717, 1.165) is 22.9 Å². The predicted molar refractivity (Wildman–Crippen MR) is 126 cm³/mol. The minimum absolute atomic E-state index is 0.0431. The molecule has 0 bridgehead atoms. The van der Waals surface area contributed by atoms with Crippen LogP contribution in [0.3, 0.4) is 0 Å². The summed E-state index contributed by atoms with van der Waals surface area (Å²) >= 11 is 0. The first-order valence-electron chi connectivity index (χ1n) is 10.4. The van der Waals surface area contributed by atoms with Gasteiger partial charge in [-0.25, -0.2) is 9.97 Å². The molecule has 4 rings (SSSR count). The summed E-state index contributed by atoms with van der Waals surface area (Å²) in [6.45, 7) is 6.29. The molecule has 1 heterocycles. The van der Waals surface area contributed by atoms with E-state index in [0.29, 0.717) is 5.95 Å². The van der Waals surface area contributed by atoms with Gasteiger partial charge in [-0.2, -0.15) is 0 Å². The molecule has 30 heavy (non-hydrogen) atoms. The van der Waals surface area contributed by atoms with Crippen LogP contribution in [-0.2, 0) is 6.42 Å². The summed E-state index contributed by atoms with van der Waals surface area (Å²) in [5.41, 5.74) is 13.1. The van der Waals surface area contributed by atoms with Gasteiger partial charge in [0.05, 0.1) is 5.52 Å². The molecule has 3 N–H and O–H groups in total. The van der Waals surface area contributed by atoms with Crippen molar-refractivity contribution in [1.29, 1.82) is 0 Å². The van der Waals surface area contributed by atoms with E-state index in [2.05, 4.69) is 90.9 Å². The van der Waals surface area contributed by atoms with Crippen LogP contribution in [-0.4, -0.2) is 16.0 Å². The highest BCUT2D eigenvalue weighted by Crippen LogP contribution is 2.26. The molecule has 0 aliphatic rings. The topological polar surface area (TPSA) is 63.8 Å². The number of fused-ring (bicyclic) bond motifs is 1. The summed E-state index contributed by atoms with van der Waals surface area (Å²) in [4.78, 5) is 9.27. The number of aromatic nitrogens is 2. The lowest BCUT2D eigenvalue weighted by atomic mass is 9.99. The predicted octanol–water partition coefficient (Wildman–Crippen LogP) is 5.67. The maximum absolute atomic E-state index is 6.01. The largest absolute Gasteiger partial charge is 0.351 e. The molecular formula is C26H28N4. The quantitative estimate of drug-likeness (QED) is 0.441. The maximum atomic E-state index is 6.01. The van der Waals surface area contributed by atoms with Gasteiger partial charge in [-0.15, -0.1) is 0 Å². The van der Waals surface area contributed by atoms with Gasteiger partial charge in [0, 0.05) is 23.7 Å². The van der Waals surface area contributed by atoms with Crippen LogP contribution in [0.25, 0.3) is 22.0 Å². The molecule has 4 heteroatoms. The Kier molecular flexibility index (Phi) is 5.77. The number of benzene rings is 3. The Hall–Kier alpha value is -3.24. The summed E-state index contributed by atoms with van der Waals surface area (Å²) in [6.07, 6.45) is 2.78. The van der Waals surface area contributed by atoms with Crippen LogP contribution >= 0.6 is 0 Å². The monoisotopic (exact) mass is 396 g/mol. The number of nitrogens with zero attached hydrogens (tertiary/aromatic N) is 2. The Morgan fingerprint density at radius 3 is 2.60 bits per heavy atom. The number of nitrogens with one attached hydrogen (secondary N) is 1. The minimum atomic E-state index is 0.0431. The molecule has 0 radical (unpaired) electrons. The molecule has 2 unspecified atom stereocenters. The van der Waals surface area contributed by atoms with Crippen molar-refractivity contribution in [2.75, 3.05) is 5.32 Å². The van der Waals surface area contributed by atoms with Crippen LogP contribution in [0, 0.1) is 6.92 Å². The molecule has 0 spiro atoms. The first kappa shape index (κ1) is 20.0. The van der Waals surface area contributed by atoms with Crippen molar-refractivity contribution in [2.24, 2.45) is 5.73 Å². The average Bonchev–Trinajstić information content (AvgIpc) is 2.74. The van der Waals surface area contributed by atoms with E-state index < -0.39 is 0 Å². The first-order chi connectivity index (χ1) is 14.5. The highest BCUT2D eigenvalue weighted by atomic mass is 15.1. The highest BCUT2D eigenvalue weighted by Gasteiger charge is 2.09. The fraction of sp³-hybridized carbons (Fsp3) is 0.231. The van der Waals surface area contributed by atoms with Crippen LogP contribution in [0.5, 0.6) is 0 Å².